The molecule has 1 amide bonds. The summed E-state index contributed by atoms with van der Waals surface area (Å²) in [6.07, 6.45) is 6.10. The van der Waals surface area contributed by atoms with Crippen molar-refractivity contribution in [2.75, 3.05) is 25.9 Å². The Morgan fingerprint density at radius 2 is 2.00 bits per heavy atom. The van der Waals surface area contributed by atoms with Crippen LogP contribution in [0.3, 0.4) is 0 Å². The number of rotatable bonds is 3. The summed E-state index contributed by atoms with van der Waals surface area (Å²) in [6, 6.07) is 1.48. The van der Waals surface area contributed by atoms with E-state index in [0.29, 0.717) is 32.0 Å². The van der Waals surface area contributed by atoms with Gasteiger partial charge in [0.1, 0.15) is 6.04 Å². The first-order valence-electron chi connectivity index (χ1n) is 7.71. The van der Waals surface area contributed by atoms with E-state index in [1.54, 1.807) is 6.20 Å². The average molecular weight is 326 g/mol. The predicted octanol–water partition coefficient (Wildman–Crippen LogP) is 0.540. The maximum atomic E-state index is 12.7. The fourth-order valence-corrected chi connectivity index (χ4v) is 4.62. The standard InChI is InChI=1S/C14H22N4O3S/c1-22(20,21)18-8-2-3-13(18)14(19)17-9-5-11(6-10-17)12-4-7-15-16-12/h4,7,11,13H,2-3,5-6,8-10H2,1H3,(H,15,16)/t13-/m0/s1. The van der Waals surface area contributed by atoms with Crippen LogP contribution >= 0.6 is 0 Å². The van der Waals surface area contributed by atoms with Gasteiger partial charge in [-0.05, 0) is 31.7 Å². The normalized spacial score (nSPS) is 24.8. The van der Waals surface area contributed by atoms with E-state index in [1.807, 2.05) is 11.0 Å². The van der Waals surface area contributed by atoms with Crippen molar-refractivity contribution >= 4 is 15.9 Å². The number of aromatic amines is 1. The Morgan fingerprint density at radius 3 is 2.59 bits per heavy atom. The van der Waals surface area contributed by atoms with Crippen molar-refractivity contribution in [3.05, 3.63) is 18.0 Å². The van der Waals surface area contributed by atoms with Crippen molar-refractivity contribution in [3.63, 3.8) is 0 Å². The van der Waals surface area contributed by atoms with Gasteiger partial charge in [0.15, 0.2) is 0 Å². The number of nitrogens with one attached hydrogen (secondary N) is 1. The molecule has 1 aromatic rings. The zero-order chi connectivity index (χ0) is 15.7. The SMILES string of the molecule is CS(=O)(=O)N1CCC[C@H]1C(=O)N1CCC(c2ccn[nH]2)CC1. The molecule has 122 valence electrons. The van der Waals surface area contributed by atoms with Crippen LogP contribution in [0.25, 0.3) is 0 Å². The summed E-state index contributed by atoms with van der Waals surface area (Å²) < 4.78 is 24.9. The molecule has 2 aliphatic rings. The van der Waals surface area contributed by atoms with Gasteiger partial charge in [0, 0.05) is 37.4 Å². The van der Waals surface area contributed by atoms with Gasteiger partial charge in [-0.2, -0.15) is 9.40 Å². The highest BCUT2D eigenvalue weighted by Gasteiger charge is 2.39. The molecule has 2 fully saturated rings. The zero-order valence-corrected chi connectivity index (χ0v) is 13.6. The second-order valence-corrected chi connectivity index (χ2v) is 8.08. The lowest BCUT2D eigenvalue weighted by Crippen LogP contribution is -2.49. The lowest BCUT2D eigenvalue weighted by atomic mass is 9.93. The third kappa shape index (κ3) is 3.03. The second kappa shape index (κ2) is 6.00. The van der Waals surface area contributed by atoms with Gasteiger partial charge < -0.3 is 4.90 Å². The van der Waals surface area contributed by atoms with Crippen molar-refractivity contribution in [1.29, 1.82) is 0 Å². The van der Waals surface area contributed by atoms with E-state index in [1.165, 1.54) is 10.6 Å². The number of aromatic nitrogens is 2. The van der Waals surface area contributed by atoms with Crippen LogP contribution in [0.4, 0.5) is 0 Å². The topological polar surface area (TPSA) is 86.4 Å². The molecule has 1 atom stereocenters. The van der Waals surface area contributed by atoms with Crippen molar-refractivity contribution in [2.45, 2.75) is 37.6 Å². The van der Waals surface area contributed by atoms with Gasteiger partial charge in [0.05, 0.1) is 6.26 Å². The number of sulfonamides is 1. The van der Waals surface area contributed by atoms with Gasteiger partial charge >= 0.3 is 0 Å². The Morgan fingerprint density at radius 1 is 1.27 bits per heavy atom. The number of carbonyl (C=O) groups excluding carboxylic acids is 1. The molecule has 22 heavy (non-hydrogen) atoms. The van der Waals surface area contributed by atoms with E-state index in [4.69, 9.17) is 0 Å². The highest BCUT2D eigenvalue weighted by Crippen LogP contribution is 2.29. The van der Waals surface area contributed by atoms with Crippen LogP contribution < -0.4 is 0 Å². The fourth-order valence-electron chi connectivity index (χ4n) is 3.50. The van der Waals surface area contributed by atoms with Gasteiger partial charge in [-0.25, -0.2) is 8.42 Å². The molecule has 1 N–H and O–H groups in total. The summed E-state index contributed by atoms with van der Waals surface area (Å²) in [7, 11) is -3.31. The largest absolute Gasteiger partial charge is 0.341 e. The minimum absolute atomic E-state index is 0.0361. The van der Waals surface area contributed by atoms with Crippen molar-refractivity contribution < 1.29 is 13.2 Å². The maximum absolute atomic E-state index is 12.7. The number of carbonyl (C=O) groups is 1. The molecule has 0 bridgehead atoms. The van der Waals surface area contributed by atoms with E-state index in [-0.39, 0.29) is 5.91 Å². The number of hydrogen-bond acceptors (Lipinski definition) is 4. The Balaban J connectivity index is 1.62. The Hall–Kier alpha value is -1.41. The summed E-state index contributed by atoms with van der Waals surface area (Å²) in [5.74, 6) is 0.368. The van der Waals surface area contributed by atoms with Crippen LogP contribution in [-0.4, -0.2) is 65.7 Å². The molecule has 7 nitrogen and oxygen atoms in total. The molecule has 3 rings (SSSR count). The van der Waals surface area contributed by atoms with E-state index in [0.717, 1.165) is 25.0 Å². The first kappa shape index (κ1) is 15.5. The Bertz CT molecular complexity index is 621. The molecule has 0 aromatic carbocycles. The highest BCUT2D eigenvalue weighted by molar-refractivity contribution is 7.88. The minimum atomic E-state index is -3.31. The molecule has 0 radical (unpaired) electrons. The average Bonchev–Trinajstić information content (AvgIpc) is 3.17. The molecule has 0 saturated carbocycles. The van der Waals surface area contributed by atoms with Crippen LogP contribution in [0.1, 0.15) is 37.3 Å². The Kier molecular flexibility index (Phi) is 4.22. The second-order valence-electron chi connectivity index (χ2n) is 6.14. The van der Waals surface area contributed by atoms with Gasteiger partial charge in [-0.3, -0.25) is 9.89 Å². The number of amides is 1. The van der Waals surface area contributed by atoms with Gasteiger partial charge in [0.25, 0.3) is 0 Å². The smallest absolute Gasteiger partial charge is 0.241 e. The molecule has 0 unspecified atom stereocenters. The third-order valence-corrected chi connectivity index (χ3v) is 5.97. The van der Waals surface area contributed by atoms with E-state index < -0.39 is 16.1 Å². The quantitative estimate of drug-likeness (QED) is 0.878. The highest BCUT2D eigenvalue weighted by atomic mass is 32.2. The lowest BCUT2D eigenvalue weighted by molar-refractivity contribution is -0.135. The molecule has 1 aromatic heterocycles. The lowest BCUT2D eigenvalue weighted by Gasteiger charge is -2.34. The molecule has 8 heteroatoms. The maximum Gasteiger partial charge on any atom is 0.241 e. The number of likely N-dealkylation sites (tertiary alicyclic amines) is 1. The molecule has 0 aliphatic carbocycles. The van der Waals surface area contributed by atoms with Crippen molar-refractivity contribution in [2.24, 2.45) is 0 Å². The van der Waals surface area contributed by atoms with Crippen LogP contribution in [0, 0.1) is 0 Å². The van der Waals surface area contributed by atoms with Crippen molar-refractivity contribution in [3.8, 4) is 0 Å². The predicted molar refractivity (Wildman–Crippen MR) is 81.7 cm³/mol. The van der Waals surface area contributed by atoms with E-state index in [2.05, 4.69) is 10.2 Å². The van der Waals surface area contributed by atoms with Crippen LogP contribution in [-0.2, 0) is 14.8 Å². The summed E-state index contributed by atoms with van der Waals surface area (Å²) in [5, 5.41) is 6.96. The number of piperidine rings is 1. The summed E-state index contributed by atoms with van der Waals surface area (Å²) in [4.78, 5) is 14.5. The number of hydrogen-bond donors (Lipinski definition) is 1. The molecular formula is C14H22N4O3S. The van der Waals surface area contributed by atoms with Crippen molar-refractivity contribution in [1.82, 2.24) is 19.4 Å². The van der Waals surface area contributed by atoms with E-state index in [9.17, 15) is 13.2 Å². The van der Waals surface area contributed by atoms with Gasteiger partial charge in [-0.1, -0.05) is 0 Å². The first-order valence-corrected chi connectivity index (χ1v) is 9.56. The molecular weight excluding hydrogens is 304 g/mol. The molecule has 3 heterocycles. The number of nitrogens with zero attached hydrogens (tertiary/aromatic N) is 3. The summed E-state index contributed by atoms with van der Waals surface area (Å²) >= 11 is 0. The molecule has 0 spiro atoms. The monoisotopic (exact) mass is 326 g/mol. The summed E-state index contributed by atoms with van der Waals surface area (Å²) in [6.45, 7) is 1.81. The van der Waals surface area contributed by atoms with Gasteiger partial charge in [-0.15, -0.1) is 0 Å². The van der Waals surface area contributed by atoms with Crippen LogP contribution in [0.5, 0.6) is 0 Å². The molecule has 2 saturated heterocycles. The van der Waals surface area contributed by atoms with Crippen LogP contribution in [0.2, 0.25) is 0 Å². The summed E-state index contributed by atoms with van der Waals surface area (Å²) in [5.41, 5.74) is 1.12. The zero-order valence-electron chi connectivity index (χ0n) is 12.7. The third-order valence-electron chi connectivity index (χ3n) is 4.68. The number of H-pyrrole nitrogens is 1. The Labute approximate surface area is 130 Å². The van der Waals surface area contributed by atoms with Crippen LogP contribution in [0.15, 0.2) is 12.3 Å². The first-order chi connectivity index (χ1) is 10.5. The fraction of sp³-hybridized carbons (Fsp3) is 0.714. The van der Waals surface area contributed by atoms with Gasteiger partial charge in [0.2, 0.25) is 15.9 Å². The van der Waals surface area contributed by atoms with E-state index >= 15 is 0 Å². The minimum Gasteiger partial charge on any atom is -0.341 e. The molecule has 2 aliphatic heterocycles.